The van der Waals surface area contributed by atoms with Crippen molar-refractivity contribution in [1.29, 1.82) is 0 Å². The molecule has 1 saturated heterocycles. The number of hydrogen-bond acceptors (Lipinski definition) is 4. The number of fused-ring (bicyclic) bond motifs is 1. The van der Waals surface area contributed by atoms with Gasteiger partial charge in [-0.05, 0) is 27.7 Å². The summed E-state index contributed by atoms with van der Waals surface area (Å²) < 4.78 is 1.77. The molecule has 110 valence electrons. The number of ketones is 3. The average molecular weight is 286 g/mol. The Labute approximate surface area is 123 Å². The summed E-state index contributed by atoms with van der Waals surface area (Å²) in [6.07, 6.45) is 1.42. The summed E-state index contributed by atoms with van der Waals surface area (Å²) in [6, 6.07) is 0.282. The molecule has 1 unspecified atom stereocenters. The number of nitrogens with zero attached hydrogens (tertiary/aromatic N) is 2. The van der Waals surface area contributed by atoms with Gasteiger partial charge < -0.3 is 9.47 Å². The second-order valence-electron chi connectivity index (χ2n) is 5.71. The van der Waals surface area contributed by atoms with Gasteiger partial charge in [0.05, 0.1) is 11.3 Å². The van der Waals surface area contributed by atoms with Crippen LogP contribution in [0.25, 0.3) is 0 Å². The monoisotopic (exact) mass is 286 g/mol. The summed E-state index contributed by atoms with van der Waals surface area (Å²) in [6.45, 7) is 8.48. The lowest BCUT2D eigenvalue weighted by atomic mass is 9.93. The molecule has 3 rings (SSSR count). The van der Waals surface area contributed by atoms with Crippen molar-refractivity contribution in [2.45, 2.75) is 40.3 Å². The van der Waals surface area contributed by atoms with E-state index in [9.17, 15) is 14.4 Å². The first kappa shape index (κ1) is 13.8. The van der Waals surface area contributed by atoms with E-state index >= 15 is 0 Å². The van der Waals surface area contributed by atoms with Gasteiger partial charge in [-0.25, -0.2) is 0 Å². The van der Waals surface area contributed by atoms with Crippen molar-refractivity contribution in [2.24, 2.45) is 0 Å². The third-order valence-corrected chi connectivity index (χ3v) is 4.32. The van der Waals surface area contributed by atoms with Gasteiger partial charge in [-0.3, -0.25) is 14.4 Å². The van der Waals surface area contributed by atoms with Gasteiger partial charge in [-0.1, -0.05) is 0 Å². The predicted molar refractivity (Wildman–Crippen MR) is 77.8 cm³/mol. The van der Waals surface area contributed by atoms with E-state index in [4.69, 9.17) is 0 Å². The molecule has 0 saturated carbocycles. The Balaban J connectivity index is 2.24. The van der Waals surface area contributed by atoms with Gasteiger partial charge in [0.2, 0.25) is 11.6 Å². The predicted octanol–water partition coefficient (Wildman–Crippen LogP) is 1.99. The molecule has 0 amide bonds. The minimum Gasteiger partial charge on any atom is -0.362 e. The van der Waals surface area contributed by atoms with Crippen LogP contribution in [0.5, 0.6) is 0 Å². The van der Waals surface area contributed by atoms with Crippen LogP contribution in [-0.2, 0) is 6.54 Å². The molecule has 1 aliphatic heterocycles. The molecule has 1 atom stereocenters. The fraction of sp³-hybridized carbons (Fsp3) is 0.438. The third-order valence-electron chi connectivity index (χ3n) is 4.32. The van der Waals surface area contributed by atoms with Gasteiger partial charge in [-0.15, -0.1) is 0 Å². The van der Waals surface area contributed by atoms with Crippen LogP contribution in [0, 0.1) is 6.92 Å². The molecule has 21 heavy (non-hydrogen) atoms. The van der Waals surface area contributed by atoms with E-state index in [1.165, 1.54) is 13.0 Å². The van der Waals surface area contributed by atoms with Gasteiger partial charge >= 0.3 is 0 Å². The van der Waals surface area contributed by atoms with Crippen LogP contribution in [-0.4, -0.2) is 39.4 Å². The van der Waals surface area contributed by atoms with Crippen molar-refractivity contribution in [3.63, 3.8) is 0 Å². The largest absolute Gasteiger partial charge is 0.362 e. The lowest BCUT2D eigenvalue weighted by molar-refractivity contribution is 0.0956. The molecule has 5 heteroatoms. The third kappa shape index (κ3) is 1.80. The second kappa shape index (κ2) is 4.41. The molecule has 0 aromatic carbocycles. The number of carbonyl (C=O) groups excluding carboxylic acids is 3. The molecule has 2 aliphatic rings. The van der Waals surface area contributed by atoms with E-state index in [0.29, 0.717) is 34.8 Å². The van der Waals surface area contributed by atoms with Crippen LogP contribution in [0.4, 0.5) is 0 Å². The zero-order valence-corrected chi connectivity index (χ0v) is 12.7. The fourth-order valence-electron chi connectivity index (χ4n) is 3.21. The fourth-order valence-corrected chi connectivity index (χ4v) is 3.21. The van der Waals surface area contributed by atoms with Crippen molar-refractivity contribution in [3.8, 4) is 0 Å². The van der Waals surface area contributed by atoms with Crippen LogP contribution >= 0.6 is 0 Å². The van der Waals surface area contributed by atoms with Gasteiger partial charge in [0.1, 0.15) is 5.69 Å². The maximum atomic E-state index is 12.8. The highest BCUT2D eigenvalue weighted by atomic mass is 16.1. The highest BCUT2D eigenvalue weighted by molar-refractivity contribution is 6.27. The lowest BCUT2D eigenvalue weighted by Gasteiger charge is -2.16. The Bertz CT molecular complexity index is 724. The number of allylic oxidation sites excluding steroid dienone is 2. The van der Waals surface area contributed by atoms with E-state index < -0.39 is 0 Å². The zero-order chi connectivity index (χ0) is 15.5. The van der Waals surface area contributed by atoms with Crippen LogP contribution in [0.2, 0.25) is 0 Å². The Morgan fingerprint density at radius 2 is 2.00 bits per heavy atom. The summed E-state index contributed by atoms with van der Waals surface area (Å²) in [5, 5.41) is 0. The highest BCUT2D eigenvalue weighted by Crippen LogP contribution is 2.35. The first-order chi connectivity index (χ1) is 9.88. The number of Topliss-reactive ketones (excluding diaryl/α,β-unsaturated/α-hetero) is 2. The van der Waals surface area contributed by atoms with Crippen molar-refractivity contribution >= 4 is 17.3 Å². The first-order valence-corrected chi connectivity index (χ1v) is 7.19. The van der Waals surface area contributed by atoms with Crippen LogP contribution < -0.4 is 0 Å². The van der Waals surface area contributed by atoms with Gasteiger partial charge in [0.15, 0.2) is 5.78 Å². The maximum Gasteiger partial charge on any atom is 0.212 e. The van der Waals surface area contributed by atoms with Crippen LogP contribution in [0.1, 0.15) is 57.7 Å². The Kier molecular flexibility index (Phi) is 2.90. The summed E-state index contributed by atoms with van der Waals surface area (Å²) in [7, 11) is 0. The number of hydrogen-bond donors (Lipinski definition) is 0. The van der Waals surface area contributed by atoms with Crippen molar-refractivity contribution in [1.82, 2.24) is 9.47 Å². The number of carbonyl (C=O) groups is 3. The quantitative estimate of drug-likeness (QED) is 0.630. The SMILES string of the molecule is CCn1c(C)c(C(C)=O)c2c1C(=O)C=C(N1CC1C)C2=O. The highest BCUT2D eigenvalue weighted by Gasteiger charge is 2.42. The lowest BCUT2D eigenvalue weighted by Crippen LogP contribution is -2.24. The van der Waals surface area contributed by atoms with Crippen LogP contribution in [0.15, 0.2) is 11.8 Å². The summed E-state index contributed by atoms with van der Waals surface area (Å²) in [4.78, 5) is 39.1. The molecule has 0 N–H and O–H groups in total. The van der Waals surface area contributed by atoms with Gasteiger partial charge in [0.25, 0.3) is 0 Å². The standard InChI is InChI=1S/C16H18N2O3/c1-5-17-9(3)13(10(4)19)14-15(17)12(20)6-11(16(14)21)18-7-8(18)2/h6,8H,5,7H2,1-4H3. The van der Waals surface area contributed by atoms with E-state index in [1.54, 1.807) is 11.5 Å². The first-order valence-electron chi connectivity index (χ1n) is 7.19. The smallest absolute Gasteiger partial charge is 0.212 e. The molecule has 1 fully saturated rings. The maximum absolute atomic E-state index is 12.8. The van der Waals surface area contributed by atoms with E-state index in [1.807, 2.05) is 18.7 Å². The molecule has 5 nitrogen and oxygen atoms in total. The normalized spacial score (nSPS) is 20.5. The van der Waals surface area contributed by atoms with Gasteiger partial charge in [-0.2, -0.15) is 0 Å². The van der Waals surface area contributed by atoms with E-state index in [0.717, 1.165) is 6.54 Å². The molecule has 0 spiro atoms. The Morgan fingerprint density at radius 1 is 1.38 bits per heavy atom. The zero-order valence-electron chi connectivity index (χ0n) is 12.7. The number of aromatic nitrogens is 1. The Hall–Kier alpha value is -2.17. The van der Waals surface area contributed by atoms with Crippen molar-refractivity contribution in [3.05, 3.63) is 34.3 Å². The average Bonchev–Trinajstić information content (AvgIpc) is 3.04. The van der Waals surface area contributed by atoms with E-state index in [2.05, 4.69) is 0 Å². The molecule has 0 bridgehead atoms. The number of rotatable bonds is 3. The van der Waals surface area contributed by atoms with E-state index in [-0.39, 0.29) is 23.4 Å². The molecule has 0 radical (unpaired) electrons. The molecule has 1 aromatic heterocycles. The minimum atomic E-state index is -0.200. The molecular formula is C16H18N2O3. The molecular weight excluding hydrogens is 268 g/mol. The summed E-state index contributed by atoms with van der Waals surface area (Å²) in [5.74, 6) is -0.553. The summed E-state index contributed by atoms with van der Waals surface area (Å²) in [5.41, 5.74) is 2.18. The van der Waals surface area contributed by atoms with Gasteiger partial charge in [0, 0.05) is 36.5 Å². The summed E-state index contributed by atoms with van der Waals surface area (Å²) >= 11 is 0. The minimum absolute atomic E-state index is 0.169. The second-order valence-corrected chi connectivity index (χ2v) is 5.71. The van der Waals surface area contributed by atoms with Crippen LogP contribution in [0.3, 0.4) is 0 Å². The molecule has 1 aliphatic carbocycles. The topological polar surface area (TPSA) is 59.1 Å². The van der Waals surface area contributed by atoms with Crippen molar-refractivity contribution < 1.29 is 14.4 Å². The molecule has 1 aromatic rings. The molecule has 2 heterocycles. The Morgan fingerprint density at radius 3 is 2.48 bits per heavy atom. The van der Waals surface area contributed by atoms with Crippen molar-refractivity contribution in [2.75, 3.05) is 6.54 Å².